The molecule has 0 atom stereocenters. The molecule has 0 amide bonds. The van der Waals surface area contributed by atoms with E-state index in [2.05, 4.69) is 11.2 Å². The summed E-state index contributed by atoms with van der Waals surface area (Å²) in [5, 5.41) is 4.30. The zero-order valence-electron chi connectivity index (χ0n) is 11.5. The lowest BCUT2D eigenvalue weighted by molar-refractivity contribution is 0.429. The Morgan fingerprint density at radius 2 is 1.79 bits per heavy atom. The van der Waals surface area contributed by atoms with Gasteiger partial charge in [-0.3, -0.25) is 0 Å². The monoisotopic (exact) mass is 275 g/mol. The first-order valence-electron chi connectivity index (χ1n) is 5.98. The summed E-state index contributed by atoms with van der Waals surface area (Å²) in [6.45, 7) is 5.93. The van der Waals surface area contributed by atoms with Crippen molar-refractivity contribution in [1.29, 1.82) is 0 Å². The van der Waals surface area contributed by atoms with E-state index in [4.69, 9.17) is 22.7 Å². The summed E-state index contributed by atoms with van der Waals surface area (Å²) in [7, 11) is 1.81. The van der Waals surface area contributed by atoms with E-state index in [9.17, 15) is 0 Å². The lowest BCUT2D eigenvalue weighted by Gasteiger charge is -2.09. The van der Waals surface area contributed by atoms with Gasteiger partial charge in [0.15, 0.2) is 0 Å². The Bertz CT molecular complexity index is 626. The van der Waals surface area contributed by atoms with Crippen LogP contribution in [0.25, 0.3) is 0 Å². The molecule has 0 aliphatic carbocycles. The standard InChI is InChI=1S/C14H17N3OS/c1-8-5-9(2)7-11(6-8)18-14-12(13(15)19)10(3)16-17(14)4/h5-7H,1-4H3,(H2,15,19). The fourth-order valence-electron chi connectivity index (χ4n) is 2.14. The highest BCUT2D eigenvalue weighted by Gasteiger charge is 2.17. The van der Waals surface area contributed by atoms with Crippen LogP contribution in [0.1, 0.15) is 22.4 Å². The number of nitrogens with zero attached hydrogens (tertiary/aromatic N) is 2. The van der Waals surface area contributed by atoms with Crippen LogP contribution in [0.5, 0.6) is 11.6 Å². The molecule has 0 saturated carbocycles. The summed E-state index contributed by atoms with van der Waals surface area (Å²) in [4.78, 5) is 0.296. The number of hydrogen-bond donors (Lipinski definition) is 1. The lowest BCUT2D eigenvalue weighted by atomic mass is 10.1. The summed E-state index contributed by atoms with van der Waals surface area (Å²) in [6, 6.07) is 6.03. The SMILES string of the molecule is Cc1cc(C)cc(Oc2c(C(N)=S)c(C)nn2C)c1. The maximum Gasteiger partial charge on any atom is 0.228 e. The first-order chi connectivity index (χ1) is 8.88. The minimum Gasteiger partial charge on any atom is -0.439 e. The largest absolute Gasteiger partial charge is 0.439 e. The molecular weight excluding hydrogens is 258 g/mol. The number of rotatable bonds is 3. The number of ether oxygens (including phenoxy) is 1. The van der Waals surface area contributed by atoms with E-state index < -0.39 is 0 Å². The highest BCUT2D eigenvalue weighted by molar-refractivity contribution is 7.80. The van der Waals surface area contributed by atoms with Gasteiger partial charge in [-0.15, -0.1) is 0 Å². The summed E-state index contributed by atoms with van der Waals surface area (Å²) < 4.78 is 7.57. The van der Waals surface area contributed by atoms with E-state index in [0.717, 1.165) is 22.6 Å². The quantitative estimate of drug-likeness (QED) is 0.875. The molecule has 0 unspecified atom stereocenters. The van der Waals surface area contributed by atoms with Crippen molar-refractivity contribution >= 4 is 17.2 Å². The Kier molecular flexibility index (Phi) is 3.57. The fraction of sp³-hybridized carbons (Fsp3) is 0.286. The molecule has 4 nitrogen and oxygen atoms in total. The van der Waals surface area contributed by atoms with Crippen LogP contribution in [-0.4, -0.2) is 14.8 Å². The molecule has 0 aliphatic rings. The number of aromatic nitrogens is 2. The van der Waals surface area contributed by atoms with Crippen LogP contribution in [0.4, 0.5) is 0 Å². The number of benzene rings is 1. The Morgan fingerprint density at radius 3 is 2.32 bits per heavy atom. The summed E-state index contributed by atoms with van der Waals surface area (Å²) >= 11 is 5.06. The average molecular weight is 275 g/mol. The predicted octanol–water partition coefficient (Wildman–Crippen LogP) is 2.77. The second-order valence-electron chi connectivity index (χ2n) is 4.68. The molecule has 100 valence electrons. The zero-order valence-corrected chi connectivity index (χ0v) is 12.3. The summed E-state index contributed by atoms with van der Waals surface area (Å²) in [5.41, 5.74) is 9.49. The van der Waals surface area contributed by atoms with Crippen LogP contribution in [0, 0.1) is 20.8 Å². The van der Waals surface area contributed by atoms with E-state index in [1.54, 1.807) is 4.68 Å². The molecule has 2 rings (SSSR count). The van der Waals surface area contributed by atoms with Crippen LogP contribution in [0.3, 0.4) is 0 Å². The van der Waals surface area contributed by atoms with Crippen molar-refractivity contribution in [3.05, 3.63) is 40.6 Å². The lowest BCUT2D eigenvalue weighted by Crippen LogP contribution is -2.11. The molecule has 2 N–H and O–H groups in total. The molecule has 1 aromatic carbocycles. The van der Waals surface area contributed by atoms with Crippen LogP contribution < -0.4 is 10.5 Å². The smallest absolute Gasteiger partial charge is 0.228 e. The fourth-order valence-corrected chi connectivity index (χ4v) is 2.38. The average Bonchev–Trinajstić information content (AvgIpc) is 2.52. The first-order valence-corrected chi connectivity index (χ1v) is 6.39. The molecule has 2 aromatic rings. The van der Waals surface area contributed by atoms with Gasteiger partial charge in [0.05, 0.1) is 11.3 Å². The molecule has 0 fully saturated rings. The molecule has 1 aromatic heterocycles. The van der Waals surface area contributed by atoms with E-state index in [0.29, 0.717) is 16.4 Å². The van der Waals surface area contributed by atoms with Gasteiger partial charge in [-0.05, 0) is 44.0 Å². The second kappa shape index (κ2) is 5.01. The highest BCUT2D eigenvalue weighted by atomic mass is 32.1. The second-order valence-corrected chi connectivity index (χ2v) is 5.12. The van der Waals surface area contributed by atoms with E-state index in [1.165, 1.54) is 0 Å². The molecule has 0 radical (unpaired) electrons. The van der Waals surface area contributed by atoms with Gasteiger partial charge in [0, 0.05) is 7.05 Å². The number of nitrogens with two attached hydrogens (primary N) is 1. The Morgan fingerprint density at radius 1 is 1.21 bits per heavy atom. The minimum atomic E-state index is 0.296. The van der Waals surface area contributed by atoms with Gasteiger partial charge in [0.25, 0.3) is 0 Å². The number of thiocarbonyl (C=S) groups is 1. The van der Waals surface area contributed by atoms with E-state index in [-0.39, 0.29) is 0 Å². The molecule has 0 aliphatic heterocycles. The van der Waals surface area contributed by atoms with Gasteiger partial charge in [0.2, 0.25) is 5.88 Å². The molecule has 1 heterocycles. The van der Waals surface area contributed by atoms with Crippen molar-refractivity contribution in [3.63, 3.8) is 0 Å². The molecule has 0 bridgehead atoms. The van der Waals surface area contributed by atoms with Crippen molar-refractivity contribution in [3.8, 4) is 11.6 Å². The molecule has 0 spiro atoms. The van der Waals surface area contributed by atoms with Gasteiger partial charge < -0.3 is 10.5 Å². The number of hydrogen-bond acceptors (Lipinski definition) is 3. The third-order valence-corrected chi connectivity index (χ3v) is 3.03. The number of aryl methyl sites for hydroxylation is 4. The van der Waals surface area contributed by atoms with Gasteiger partial charge in [-0.2, -0.15) is 5.10 Å². The van der Waals surface area contributed by atoms with Gasteiger partial charge in [-0.25, -0.2) is 4.68 Å². The zero-order chi connectivity index (χ0) is 14.2. The molecular formula is C14H17N3OS. The maximum absolute atomic E-state index is 5.92. The van der Waals surface area contributed by atoms with Crippen molar-refractivity contribution in [2.75, 3.05) is 0 Å². The Hall–Kier alpha value is -1.88. The van der Waals surface area contributed by atoms with Crippen molar-refractivity contribution in [2.45, 2.75) is 20.8 Å². The van der Waals surface area contributed by atoms with Gasteiger partial charge in [-0.1, -0.05) is 18.3 Å². The highest BCUT2D eigenvalue weighted by Crippen LogP contribution is 2.28. The van der Waals surface area contributed by atoms with Gasteiger partial charge >= 0.3 is 0 Å². The van der Waals surface area contributed by atoms with E-state index >= 15 is 0 Å². The Balaban J connectivity index is 2.46. The maximum atomic E-state index is 5.92. The first kappa shape index (κ1) is 13.5. The van der Waals surface area contributed by atoms with Crippen molar-refractivity contribution in [1.82, 2.24) is 9.78 Å². The molecule has 0 saturated heterocycles. The van der Waals surface area contributed by atoms with Crippen LogP contribution in [0.15, 0.2) is 18.2 Å². The van der Waals surface area contributed by atoms with E-state index in [1.807, 2.05) is 40.0 Å². The summed E-state index contributed by atoms with van der Waals surface area (Å²) in [5.74, 6) is 1.34. The predicted molar refractivity (Wildman–Crippen MR) is 79.8 cm³/mol. The normalized spacial score (nSPS) is 10.5. The van der Waals surface area contributed by atoms with Crippen molar-refractivity contribution < 1.29 is 4.74 Å². The Labute approximate surface area is 118 Å². The third kappa shape index (κ3) is 2.76. The van der Waals surface area contributed by atoms with Crippen LogP contribution in [-0.2, 0) is 7.05 Å². The van der Waals surface area contributed by atoms with Crippen LogP contribution in [0.2, 0.25) is 0 Å². The topological polar surface area (TPSA) is 53.1 Å². The van der Waals surface area contributed by atoms with Gasteiger partial charge in [0.1, 0.15) is 10.7 Å². The third-order valence-electron chi connectivity index (χ3n) is 2.83. The molecule has 19 heavy (non-hydrogen) atoms. The summed E-state index contributed by atoms with van der Waals surface area (Å²) in [6.07, 6.45) is 0. The molecule has 5 heteroatoms. The van der Waals surface area contributed by atoms with Crippen LogP contribution >= 0.6 is 12.2 Å². The minimum absolute atomic E-state index is 0.296. The van der Waals surface area contributed by atoms with Crippen molar-refractivity contribution in [2.24, 2.45) is 12.8 Å².